The zero-order chi connectivity index (χ0) is 21.0. The number of anilines is 1. The molecular formula is C20H20N2O6S. The number of benzene rings is 1. The van der Waals surface area contributed by atoms with Crippen molar-refractivity contribution in [2.45, 2.75) is 25.9 Å². The maximum atomic E-state index is 12.9. The number of thiophene rings is 1. The van der Waals surface area contributed by atoms with E-state index in [9.17, 15) is 19.2 Å². The first-order valence-corrected chi connectivity index (χ1v) is 9.86. The molecule has 0 spiro atoms. The first kappa shape index (κ1) is 20.5. The molecule has 2 N–H and O–H groups in total. The van der Waals surface area contributed by atoms with Crippen LogP contribution in [-0.4, -0.2) is 37.1 Å². The highest BCUT2D eigenvalue weighted by Crippen LogP contribution is 2.38. The van der Waals surface area contributed by atoms with E-state index in [0.29, 0.717) is 10.6 Å². The number of methoxy groups -OCH3 is 1. The van der Waals surface area contributed by atoms with Gasteiger partial charge in [-0.25, -0.2) is 9.59 Å². The van der Waals surface area contributed by atoms with Gasteiger partial charge in [-0.05, 0) is 25.3 Å². The molecule has 2 aromatic rings. The Bertz CT molecular complexity index is 936. The summed E-state index contributed by atoms with van der Waals surface area (Å²) >= 11 is 1.22. The number of hydrogen-bond acceptors (Lipinski definition) is 7. The molecule has 0 saturated heterocycles. The molecule has 152 valence electrons. The lowest BCUT2D eigenvalue weighted by atomic mass is 10.0. The van der Waals surface area contributed by atoms with Crippen LogP contribution in [0.15, 0.2) is 35.7 Å². The van der Waals surface area contributed by atoms with E-state index in [1.54, 1.807) is 5.38 Å². The van der Waals surface area contributed by atoms with E-state index in [2.05, 4.69) is 10.1 Å². The summed E-state index contributed by atoms with van der Waals surface area (Å²) < 4.78 is 9.62. The van der Waals surface area contributed by atoms with Crippen molar-refractivity contribution in [2.24, 2.45) is 5.92 Å². The fourth-order valence-electron chi connectivity index (χ4n) is 2.57. The number of hydrogen-bond donors (Lipinski definition) is 2. The fourth-order valence-corrected chi connectivity index (χ4v) is 3.53. The predicted octanol–water partition coefficient (Wildman–Crippen LogP) is 3.19. The van der Waals surface area contributed by atoms with E-state index in [-0.39, 0.29) is 17.4 Å². The number of amides is 3. The van der Waals surface area contributed by atoms with Crippen molar-refractivity contribution in [3.8, 4) is 11.1 Å². The summed E-state index contributed by atoms with van der Waals surface area (Å²) in [5.41, 5.74) is 1.54. The summed E-state index contributed by atoms with van der Waals surface area (Å²) in [6.07, 6.45) is -0.534. The first-order valence-electron chi connectivity index (χ1n) is 8.98. The molecule has 1 heterocycles. The van der Waals surface area contributed by atoms with Crippen molar-refractivity contribution in [1.82, 2.24) is 5.32 Å². The minimum atomic E-state index is -1.24. The van der Waals surface area contributed by atoms with Crippen LogP contribution in [0.4, 0.5) is 9.80 Å². The quantitative estimate of drug-likeness (QED) is 0.700. The third-order valence-electron chi connectivity index (χ3n) is 4.33. The molecular weight excluding hydrogens is 396 g/mol. The van der Waals surface area contributed by atoms with Crippen molar-refractivity contribution in [2.75, 3.05) is 12.4 Å². The SMILES string of the molecule is COC(=O)NC(=O)[C@@H](C)OC(=O)c1c(-c2ccccc2)csc1NC(=O)C1CC1. The van der Waals surface area contributed by atoms with Gasteiger partial charge >= 0.3 is 12.1 Å². The Morgan fingerprint density at radius 2 is 1.83 bits per heavy atom. The van der Waals surface area contributed by atoms with Gasteiger partial charge in [0.2, 0.25) is 5.91 Å². The first-order chi connectivity index (χ1) is 13.9. The van der Waals surface area contributed by atoms with Gasteiger partial charge < -0.3 is 14.8 Å². The van der Waals surface area contributed by atoms with Gasteiger partial charge in [-0.1, -0.05) is 30.3 Å². The molecule has 1 aromatic carbocycles. The average Bonchev–Trinajstić information content (AvgIpc) is 3.49. The van der Waals surface area contributed by atoms with Crippen LogP contribution in [0.25, 0.3) is 11.1 Å². The van der Waals surface area contributed by atoms with Gasteiger partial charge in [-0.15, -0.1) is 11.3 Å². The molecule has 1 aliphatic carbocycles. The third-order valence-corrected chi connectivity index (χ3v) is 5.22. The van der Waals surface area contributed by atoms with E-state index in [0.717, 1.165) is 25.5 Å². The van der Waals surface area contributed by atoms with Crippen molar-refractivity contribution in [3.05, 3.63) is 41.3 Å². The topological polar surface area (TPSA) is 111 Å². The van der Waals surface area contributed by atoms with Crippen LogP contribution in [0.5, 0.6) is 0 Å². The summed E-state index contributed by atoms with van der Waals surface area (Å²) in [7, 11) is 1.12. The summed E-state index contributed by atoms with van der Waals surface area (Å²) in [5.74, 6) is -1.77. The van der Waals surface area contributed by atoms with Crippen LogP contribution in [0.1, 0.15) is 30.1 Å². The summed E-state index contributed by atoms with van der Waals surface area (Å²) in [6, 6.07) is 9.17. The Labute approximate surface area is 171 Å². The van der Waals surface area contributed by atoms with E-state index in [1.165, 1.54) is 18.3 Å². The minimum absolute atomic E-state index is 0.0362. The lowest BCUT2D eigenvalue weighted by Gasteiger charge is -2.14. The number of imide groups is 1. The summed E-state index contributed by atoms with van der Waals surface area (Å²) in [5, 5.41) is 6.87. The zero-order valence-corrected chi connectivity index (χ0v) is 16.7. The second kappa shape index (κ2) is 8.87. The van der Waals surface area contributed by atoms with Crippen LogP contribution in [0.3, 0.4) is 0 Å². The summed E-state index contributed by atoms with van der Waals surface area (Å²) in [4.78, 5) is 48.3. The highest BCUT2D eigenvalue weighted by Gasteiger charge is 2.32. The van der Waals surface area contributed by atoms with Crippen molar-refractivity contribution in [3.63, 3.8) is 0 Å². The molecule has 1 saturated carbocycles. The number of ether oxygens (including phenoxy) is 2. The monoisotopic (exact) mass is 416 g/mol. The van der Waals surface area contributed by atoms with Crippen molar-refractivity contribution in [1.29, 1.82) is 0 Å². The molecule has 0 unspecified atom stereocenters. The van der Waals surface area contributed by atoms with E-state index in [1.807, 2.05) is 35.6 Å². The van der Waals surface area contributed by atoms with E-state index < -0.39 is 24.1 Å². The lowest BCUT2D eigenvalue weighted by molar-refractivity contribution is -0.128. The maximum absolute atomic E-state index is 12.9. The van der Waals surface area contributed by atoms with Gasteiger partial charge in [0.05, 0.1) is 7.11 Å². The molecule has 1 aliphatic rings. The van der Waals surface area contributed by atoms with E-state index >= 15 is 0 Å². The Morgan fingerprint density at radius 1 is 1.14 bits per heavy atom. The molecule has 0 bridgehead atoms. The van der Waals surface area contributed by atoms with Gasteiger partial charge in [-0.2, -0.15) is 0 Å². The fraction of sp³-hybridized carbons (Fsp3) is 0.300. The predicted molar refractivity (Wildman–Crippen MR) is 107 cm³/mol. The molecule has 1 aromatic heterocycles. The second-order valence-electron chi connectivity index (χ2n) is 6.51. The van der Waals surface area contributed by atoms with E-state index in [4.69, 9.17) is 4.74 Å². The number of esters is 1. The molecule has 3 rings (SSSR count). The molecule has 29 heavy (non-hydrogen) atoms. The van der Waals surface area contributed by atoms with Gasteiger partial charge in [0, 0.05) is 16.9 Å². The number of alkyl carbamates (subject to hydrolysis) is 1. The maximum Gasteiger partial charge on any atom is 0.413 e. The molecule has 9 heteroatoms. The molecule has 1 fully saturated rings. The molecule has 8 nitrogen and oxygen atoms in total. The number of rotatable bonds is 6. The van der Waals surface area contributed by atoms with Gasteiger partial charge in [0.25, 0.3) is 5.91 Å². The van der Waals surface area contributed by atoms with Crippen LogP contribution in [-0.2, 0) is 19.1 Å². The van der Waals surface area contributed by atoms with Gasteiger partial charge in [-0.3, -0.25) is 14.9 Å². The molecule has 0 aliphatic heterocycles. The Hall–Kier alpha value is -3.20. The van der Waals surface area contributed by atoms with Gasteiger partial charge in [0.1, 0.15) is 10.6 Å². The van der Waals surface area contributed by atoms with Gasteiger partial charge in [0.15, 0.2) is 6.10 Å². The second-order valence-corrected chi connectivity index (χ2v) is 7.39. The Morgan fingerprint density at radius 3 is 2.45 bits per heavy atom. The lowest BCUT2D eigenvalue weighted by Crippen LogP contribution is -2.39. The summed E-state index contributed by atoms with van der Waals surface area (Å²) in [6.45, 7) is 1.34. The Balaban J connectivity index is 1.85. The minimum Gasteiger partial charge on any atom is -0.453 e. The third kappa shape index (κ3) is 5.00. The zero-order valence-electron chi connectivity index (χ0n) is 15.9. The van der Waals surface area contributed by atoms with Crippen LogP contribution < -0.4 is 10.6 Å². The highest BCUT2D eigenvalue weighted by atomic mass is 32.1. The van der Waals surface area contributed by atoms with Crippen molar-refractivity contribution < 1.29 is 28.7 Å². The standard InChI is InChI=1S/C20H20N2O6S/c1-11(16(23)22-20(26)27-2)28-19(25)15-14(12-6-4-3-5-7-12)10-29-18(15)21-17(24)13-8-9-13/h3-7,10-11,13H,8-9H2,1-2H3,(H,21,24)(H,22,23,26)/t11-/m1/s1. The molecule has 1 atom stereocenters. The molecule has 3 amide bonds. The van der Waals surface area contributed by atoms with Crippen LogP contribution in [0, 0.1) is 5.92 Å². The average molecular weight is 416 g/mol. The van der Waals surface area contributed by atoms with Crippen molar-refractivity contribution >= 4 is 40.2 Å². The number of carbonyl (C=O) groups excluding carboxylic acids is 4. The number of carbonyl (C=O) groups is 4. The van der Waals surface area contributed by atoms with Crippen LogP contribution in [0.2, 0.25) is 0 Å². The Kier molecular flexibility index (Phi) is 6.28. The highest BCUT2D eigenvalue weighted by molar-refractivity contribution is 7.15. The van der Waals surface area contributed by atoms with Crippen LogP contribution >= 0.6 is 11.3 Å². The number of nitrogens with one attached hydrogen (secondary N) is 2. The normalized spacial score (nSPS) is 13.9. The smallest absolute Gasteiger partial charge is 0.413 e. The largest absolute Gasteiger partial charge is 0.453 e. The molecule has 0 radical (unpaired) electrons.